The Hall–Kier alpha value is -1.91. The van der Waals surface area contributed by atoms with Crippen molar-refractivity contribution in [3.05, 3.63) is 35.6 Å². The molecule has 0 spiro atoms. The Balaban J connectivity index is 2.21. The van der Waals surface area contributed by atoms with Gasteiger partial charge in [0.1, 0.15) is 11.4 Å². The molecular weight excluding hydrogens is 237 g/mol. The standard InChI is InChI=1S/C13H14FNO3/c14-10-6-2-1-5-9(10)11(16)15-13(12(17)18)7-3-4-8-13/h1-2,5-6H,3-4,7-8H2,(H,15,16)(H,17,18). The summed E-state index contributed by atoms with van der Waals surface area (Å²) in [6.45, 7) is 0. The monoisotopic (exact) mass is 251 g/mol. The Morgan fingerprint density at radius 1 is 1.22 bits per heavy atom. The molecule has 1 aliphatic carbocycles. The summed E-state index contributed by atoms with van der Waals surface area (Å²) >= 11 is 0. The van der Waals surface area contributed by atoms with Crippen LogP contribution in [0.5, 0.6) is 0 Å². The Morgan fingerprint density at radius 3 is 2.39 bits per heavy atom. The minimum absolute atomic E-state index is 0.120. The summed E-state index contributed by atoms with van der Waals surface area (Å²) in [7, 11) is 0. The van der Waals surface area contributed by atoms with E-state index in [1.807, 2.05) is 0 Å². The van der Waals surface area contributed by atoms with E-state index in [2.05, 4.69) is 5.32 Å². The lowest BCUT2D eigenvalue weighted by molar-refractivity contribution is -0.144. The third-order valence-electron chi connectivity index (χ3n) is 3.34. The van der Waals surface area contributed by atoms with Gasteiger partial charge in [0.2, 0.25) is 0 Å². The summed E-state index contributed by atoms with van der Waals surface area (Å²) in [4.78, 5) is 23.2. The van der Waals surface area contributed by atoms with E-state index in [1.54, 1.807) is 6.07 Å². The van der Waals surface area contributed by atoms with Crippen LogP contribution in [0.15, 0.2) is 24.3 Å². The zero-order valence-electron chi connectivity index (χ0n) is 9.78. The van der Waals surface area contributed by atoms with Crippen LogP contribution in [0.2, 0.25) is 0 Å². The molecule has 5 heteroatoms. The fraction of sp³-hybridized carbons (Fsp3) is 0.385. The molecule has 4 nitrogen and oxygen atoms in total. The number of rotatable bonds is 3. The van der Waals surface area contributed by atoms with Crippen molar-refractivity contribution in [3.63, 3.8) is 0 Å². The van der Waals surface area contributed by atoms with Crippen LogP contribution >= 0.6 is 0 Å². The summed E-state index contributed by atoms with van der Waals surface area (Å²) in [5.74, 6) is -2.37. The van der Waals surface area contributed by atoms with Gasteiger partial charge in [-0.15, -0.1) is 0 Å². The minimum Gasteiger partial charge on any atom is -0.480 e. The van der Waals surface area contributed by atoms with Crippen molar-refractivity contribution in [2.24, 2.45) is 0 Å². The van der Waals surface area contributed by atoms with E-state index in [9.17, 15) is 19.1 Å². The summed E-state index contributed by atoms with van der Waals surface area (Å²) in [6, 6.07) is 5.54. The van der Waals surface area contributed by atoms with Gasteiger partial charge in [0.05, 0.1) is 5.56 Å². The number of nitrogens with one attached hydrogen (secondary N) is 1. The Bertz CT molecular complexity index is 481. The molecule has 18 heavy (non-hydrogen) atoms. The van der Waals surface area contributed by atoms with Crippen molar-refractivity contribution in [3.8, 4) is 0 Å². The molecule has 0 bridgehead atoms. The summed E-state index contributed by atoms with van der Waals surface area (Å²) < 4.78 is 13.4. The number of hydrogen-bond donors (Lipinski definition) is 2. The number of aliphatic carboxylic acids is 1. The van der Waals surface area contributed by atoms with E-state index >= 15 is 0 Å². The van der Waals surface area contributed by atoms with E-state index in [0.29, 0.717) is 12.8 Å². The molecule has 0 aromatic heterocycles. The van der Waals surface area contributed by atoms with Gasteiger partial charge >= 0.3 is 5.97 Å². The second-order valence-electron chi connectivity index (χ2n) is 4.53. The molecular formula is C13H14FNO3. The summed E-state index contributed by atoms with van der Waals surface area (Å²) in [6.07, 6.45) is 2.29. The molecule has 0 saturated heterocycles. The fourth-order valence-electron chi connectivity index (χ4n) is 2.30. The van der Waals surface area contributed by atoms with Crippen molar-refractivity contribution < 1.29 is 19.1 Å². The van der Waals surface area contributed by atoms with Crippen LogP contribution in [-0.2, 0) is 4.79 Å². The smallest absolute Gasteiger partial charge is 0.329 e. The van der Waals surface area contributed by atoms with Gasteiger partial charge in [-0.3, -0.25) is 4.79 Å². The van der Waals surface area contributed by atoms with Crippen molar-refractivity contribution in [1.82, 2.24) is 5.32 Å². The van der Waals surface area contributed by atoms with Gasteiger partial charge in [0.15, 0.2) is 0 Å². The lowest BCUT2D eigenvalue weighted by Crippen LogP contribution is -2.52. The minimum atomic E-state index is -1.24. The van der Waals surface area contributed by atoms with Crippen LogP contribution in [0, 0.1) is 5.82 Å². The van der Waals surface area contributed by atoms with Crippen molar-refractivity contribution >= 4 is 11.9 Å². The predicted molar refractivity (Wildman–Crippen MR) is 62.7 cm³/mol. The Morgan fingerprint density at radius 2 is 1.83 bits per heavy atom. The topological polar surface area (TPSA) is 66.4 Å². The highest BCUT2D eigenvalue weighted by molar-refractivity contribution is 5.98. The van der Waals surface area contributed by atoms with Gasteiger partial charge in [-0.1, -0.05) is 25.0 Å². The van der Waals surface area contributed by atoms with Gasteiger partial charge < -0.3 is 10.4 Å². The summed E-state index contributed by atoms with van der Waals surface area (Å²) in [5.41, 5.74) is -1.36. The van der Waals surface area contributed by atoms with Crippen molar-refractivity contribution in [2.45, 2.75) is 31.2 Å². The first-order valence-corrected chi connectivity index (χ1v) is 5.86. The van der Waals surface area contributed by atoms with E-state index in [1.165, 1.54) is 18.2 Å². The number of carboxylic acid groups (broad SMARTS) is 1. The molecule has 0 radical (unpaired) electrons. The number of amides is 1. The highest BCUT2D eigenvalue weighted by atomic mass is 19.1. The van der Waals surface area contributed by atoms with Gasteiger partial charge in [-0.25, -0.2) is 9.18 Å². The van der Waals surface area contributed by atoms with Gasteiger partial charge in [-0.2, -0.15) is 0 Å². The maximum Gasteiger partial charge on any atom is 0.329 e. The van der Waals surface area contributed by atoms with Gasteiger partial charge in [0.25, 0.3) is 5.91 Å². The van der Waals surface area contributed by atoms with Crippen LogP contribution in [0.4, 0.5) is 4.39 Å². The quantitative estimate of drug-likeness (QED) is 0.862. The first kappa shape index (κ1) is 12.5. The van der Waals surface area contributed by atoms with Gasteiger partial charge in [-0.05, 0) is 25.0 Å². The lowest BCUT2D eigenvalue weighted by Gasteiger charge is -2.25. The molecule has 2 N–H and O–H groups in total. The normalized spacial score (nSPS) is 17.4. The second kappa shape index (κ2) is 4.76. The number of carbonyl (C=O) groups excluding carboxylic acids is 1. The van der Waals surface area contributed by atoms with Crippen LogP contribution in [0.1, 0.15) is 36.0 Å². The number of carboxylic acids is 1. The first-order chi connectivity index (χ1) is 8.55. The molecule has 0 unspecified atom stereocenters. The predicted octanol–water partition coefficient (Wildman–Crippen LogP) is 1.95. The molecule has 1 saturated carbocycles. The van der Waals surface area contributed by atoms with Crippen LogP contribution in [0.25, 0.3) is 0 Å². The van der Waals surface area contributed by atoms with E-state index in [4.69, 9.17) is 0 Å². The van der Waals surface area contributed by atoms with E-state index < -0.39 is 23.2 Å². The zero-order chi connectivity index (χ0) is 13.2. The van der Waals surface area contributed by atoms with E-state index in [0.717, 1.165) is 12.8 Å². The molecule has 0 heterocycles. The Labute approximate surface area is 104 Å². The van der Waals surface area contributed by atoms with Gasteiger partial charge in [0, 0.05) is 0 Å². The maximum atomic E-state index is 13.4. The molecule has 0 atom stereocenters. The Kier molecular flexibility index (Phi) is 3.32. The average molecular weight is 251 g/mol. The maximum absolute atomic E-state index is 13.4. The molecule has 1 amide bonds. The SMILES string of the molecule is O=C(NC1(C(=O)O)CCCC1)c1ccccc1F. The summed E-state index contributed by atoms with van der Waals surface area (Å²) in [5, 5.41) is 11.7. The number of halogens is 1. The molecule has 0 aliphatic heterocycles. The highest BCUT2D eigenvalue weighted by Crippen LogP contribution is 2.30. The second-order valence-corrected chi connectivity index (χ2v) is 4.53. The van der Waals surface area contributed by atoms with Crippen LogP contribution < -0.4 is 5.32 Å². The van der Waals surface area contributed by atoms with Crippen LogP contribution in [0.3, 0.4) is 0 Å². The molecule has 2 rings (SSSR count). The van der Waals surface area contributed by atoms with Crippen LogP contribution in [-0.4, -0.2) is 22.5 Å². The fourth-order valence-corrected chi connectivity index (χ4v) is 2.30. The molecule has 1 aromatic rings. The number of hydrogen-bond acceptors (Lipinski definition) is 2. The zero-order valence-corrected chi connectivity index (χ0v) is 9.78. The highest BCUT2D eigenvalue weighted by Gasteiger charge is 2.42. The lowest BCUT2D eigenvalue weighted by atomic mass is 9.97. The molecule has 1 fully saturated rings. The molecule has 1 aromatic carbocycles. The first-order valence-electron chi connectivity index (χ1n) is 5.86. The third kappa shape index (κ3) is 2.20. The van der Waals surface area contributed by atoms with Crippen molar-refractivity contribution in [2.75, 3.05) is 0 Å². The number of carbonyl (C=O) groups is 2. The molecule has 1 aliphatic rings. The average Bonchev–Trinajstić information content (AvgIpc) is 2.79. The van der Waals surface area contributed by atoms with E-state index in [-0.39, 0.29) is 5.56 Å². The third-order valence-corrected chi connectivity index (χ3v) is 3.34. The number of benzene rings is 1. The van der Waals surface area contributed by atoms with Crippen molar-refractivity contribution in [1.29, 1.82) is 0 Å². The largest absolute Gasteiger partial charge is 0.480 e. The molecule has 96 valence electrons.